The van der Waals surface area contributed by atoms with Gasteiger partial charge >= 0.3 is 0 Å². The van der Waals surface area contributed by atoms with Crippen molar-refractivity contribution in [2.45, 2.75) is 24.3 Å². The van der Waals surface area contributed by atoms with E-state index in [9.17, 15) is 13.2 Å². The Balaban J connectivity index is 1.25. The molecule has 0 bridgehead atoms. The molecule has 29 heavy (non-hydrogen) atoms. The van der Waals surface area contributed by atoms with Crippen LogP contribution in [0.25, 0.3) is 11.2 Å². The van der Waals surface area contributed by atoms with Crippen LogP contribution in [-0.2, 0) is 6.54 Å². The van der Waals surface area contributed by atoms with Gasteiger partial charge < -0.3 is 4.90 Å². The molecule has 5 rings (SSSR count). The average molecular weight is 420 g/mol. The van der Waals surface area contributed by atoms with E-state index in [0.717, 1.165) is 37.5 Å². The fourth-order valence-electron chi connectivity index (χ4n) is 4.08. The molecule has 2 saturated heterocycles. The predicted molar refractivity (Wildman–Crippen MR) is 104 cm³/mol. The SMILES string of the molecule is Fc1cccc(SN2CC3(CCN(c4cnc5cnn(CC(F)F)c5n4)C3)C2)c1. The summed E-state index contributed by atoms with van der Waals surface area (Å²) in [6.45, 7) is 3.04. The van der Waals surface area contributed by atoms with Crippen molar-refractivity contribution in [3.8, 4) is 0 Å². The van der Waals surface area contributed by atoms with Gasteiger partial charge in [0.25, 0.3) is 6.43 Å². The highest BCUT2D eigenvalue weighted by Crippen LogP contribution is 2.45. The van der Waals surface area contributed by atoms with Crippen LogP contribution in [0.2, 0.25) is 0 Å². The molecule has 0 saturated carbocycles. The summed E-state index contributed by atoms with van der Waals surface area (Å²) in [5, 5.41) is 3.97. The first-order valence-corrected chi connectivity index (χ1v) is 10.2. The molecule has 0 unspecified atom stereocenters. The normalized spacial score (nSPS) is 18.8. The summed E-state index contributed by atoms with van der Waals surface area (Å²) in [5.41, 5.74) is 1.09. The first-order valence-electron chi connectivity index (χ1n) is 9.40. The second kappa shape index (κ2) is 7.17. The number of halogens is 3. The van der Waals surface area contributed by atoms with E-state index in [4.69, 9.17) is 0 Å². The first-order chi connectivity index (χ1) is 14.0. The van der Waals surface area contributed by atoms with E-state index in [1.54, 1.807) is 30.3 Å². The van der Waals surface area contributed by atoms with Gasteiger partial charge in [-0.25, -0.2) is 32.1 Å². The van der Waals surface area contributed by atoms with Crippen LogP contribution in [-0.4, -0.2) is 56.7 Å². The Morgan fingerprint density at radius 1 is 1.17 bits per heavy atom. The molecule has 2 aromatic heterocycles. The summed E-state index contributed by atoms with van der Waals surface area (Å²) in [6, 6.07) is 6.62. The maximum absolute atomic E-state index is 13.4. The minimum Gasteiger partial charge on any atom is -0.355 e. The molecule has 152 valence electrons. The molecular formula is C19H19F3N6S. The van der Waals surface area contributed by atoms with Crippen molar-refractivity contribution < 1.29 is 13.2 Å². The molecule has 2 aliphatic rings. The molecule has 0 atom stereocenters. The Labute approximate surface area is 169 Å². The number of rotatable bonds is 5. The number of alkyl halides is 2. The summed E-state index contributed by atoms with van der Waals surface area (Å²) >= 11 is 1.58. The zero-order valence-corrected chi connectivity index (χ0v) is 16.3. The van der Waals surface area contributed by atoms with Gasteiger partial charge in [-0.3, -0.25) is 0 Å². The summed E-state index contributed by atoms with van der Waals surface area (Å²) in [7, 11) is 0. The van der Waals surface area contributed by atoms with Gasteiger partial charge in [0.05, 0.1) is 12.4 Å². The molecule has 1 spiro atoms. The highest BCUT2D eigenvalue weighted by atomic mass is 32.2. The van der Waals surface area contributed by atoms with Crippen molar-refractivity contribution in [1.82, 2.24) is 24.1 Å². The van der Waals surface area contributed by atoms with Crippen LogP contribution in [0.4, 0.5) is 19.0 Å². The van der Waals surface area contributed by atoms with E-state index >= 15 is 0 Å². The van der Waals surface area contributed by atoms with Crippen LogP contribution < -0.4 is 4.90 Å². The summed E-state index contributed by atoms with van der Waals surface area (Å²) < 4.78 is 42.3. The Morgan fingerprint density at radius 3 is 2.83 bits per heavy atom. The fourth-order valence-corrected chi connectivity index (χ4v) is 5.36. The van der Waals surface area contributed by atoms with Gasteiger partial charge in [0, 0.05) is 36.5 Å². The zero-order chi connectivity index (χ0) is 20.0. The third kappa shape index (κ3) is 3.66. The maximum Gasteiger partial charge on any atom is 0.258 e. The lowest BCUT2D eigenvalue weighted by Gasteiger charge is -2.47. The Morgan fingerprint density at radius 2 is 2.03 bits per heavy atom. The second-order valence-electron chi connectivity index (χ2n) is 7.67. The molecule has 2 aliphatic heterocycles. The smallest absolute Gasteiger partial charge is 0.258 e. The number of aromatic nitrogens is 4. The topological polar surface area (TPSA) is 50.1 Å². The summed E-state index contributed by atoms with van der Waals surface area (Å²) in [5.74, 6) is 0.471. The highest BCUT2D eigenvalue weighted by molar-refractivity contribution is 7.97. The van der Waals surface area contributed by atoms with Crippen LogP contribution >= 0.6 is 11.9 Å². The van der Waals surface area contributed by atoms with Crippen molar-refractivity contribution >= 4 is 28.9 Å². The minimum atomic E-state index is -2.49. The molecule has 0 radical (unpaired) electrons. The van der Waals surface area contributed by atoms with Gasteiger partial charge in [0.15, 0.2) is 5.65 Å². The molecule has 0 aliphatic carbocycles. The van der Waals surface area contributed by atoms with Crippen LogP contribution in [0.15, 0.2) is 41.6 Å². The molecule has 0 N–H and O–H groups in total. The lowest BCUT2D eigenvalue weighted by Crippen LogP contribution is -2.54. The van der Waals surface area contributed by atoms with Crippen LogP contribution in [0.1, 0.15) is 6.42 Å². The molecule has 4 heterocycles. The number of anilines is 1. The lowest BCUT2D eigenvalue weighted by molar-refractivity contribution is 0.105. The molecule has 6 nitrogen and oxygen atoms in total. The van der Waals surface area contributed by atoms with Gasteiger partial charge in [-0.2, -0.15) is 5.10 Å². The molecule has 3 aromatic rings. The number of fused-ring (bicyclic) bond motifs is 1. The Kier molecular flexibility index (Phi) is 4.62. The van der Waals surface area contributed by atoms with Crippen molar-refractivity contribution in [1.29, 1.82) is 0 Å². The maximum atomic E-state index is 13.4. The Hall–Kier alpha value is -2.33. The van der Waals surface area contributed by atoms with E-state index < -0.39 is 13.0 Å². The average Bonchev–Trinajstić information content (AvgIpc) is 3.26. The van der Waals surface area contributed by atoms with E-state index in [1.807, 2.05) is 6.07 Å². The van der Waals surface area contributed by atoms with Crippen molar-refractivity contribution in [2.24, 2.45) is 5.41 Å². The van der Waals surface area contributed by atoms with Gasteiger partial charge in [-0.1, -0.05) is 6.07 Å². The number of hydrogen-bond donors (Lipinski definition) is 0. The van der Waals surface area contributed by atoms with E-state index in [0.29, 0.717) is 17.0 Å². The third-order valence-corrected chi connectivity index (χ3v) is 6.44. The first kappa shape index (κ1) is 18.7. The summed E-state index contributed by atoms with van der Waals surface area (Å²) in [4.78, 5) is 12.0. The second-order valence-corrected chi connectivity index (χ2v) is 8.84. The van der Waals surface area contributed by atoms with E-state index in [-0.39, 0.29) is 11.2 Å². The largest absolute Gasteiger partial charge is 0.355 e. The fraction of sp³-hybridized carbons (Fsp3) is 0.421. The van der Waals surface area contributed by atoms with Crippen LogP contribution in [0.5, 0.6) is 0 Å². The molecular weight excluding hydrogens is 401 g/mol. The number of hydrogen-bond acceptors (Lipinski definition) is 6. The standard InChI is InChI=1S/C19H19F3N6S/c20-13-2-1-3-14(6-13)29-27-11-19(12-27)4-5-26(10-19)17-8-23-15-7-24-28(9-16(21)22)18(15)25-17/h1-3,6-8,16H,4-5,9-12H2. The predicted octanol–water partition coefficient (Wildman–Crippen LogP) is 3.45. The lowest BCUT2D eigenvalue weighted by atomic mass is 9.81. The monoisotopic (exact) mass is 420 g/mol. The van der Waals surface area contributed by atoms with E-state index in [1.165, 1.54) is 16.9 Å². The van der Waals surface area contributed by atoms with Crippen LogP contribution in [0, 0.1) is 11.2 Å². The van der Waals surface area contributed by atoms with Gasteiger partial charge in [-0.05, 0) is 36.6 Å². The third-order valence-electron chi connectivity index (χ3n) is 5.46. The summed E-state index contributed by atoms with van der Waals surface area (Å²) in [6.07, 6.45) is 1.69. The quantitative estimate of drug-likeness (QED) is 0.590. The zero-order valence-electron chi connectivity index (χ0n) is 15.5. The Bertz CT molecular complexity index is 1040. The molecule has 0 amide bonds. The molecule has 2 fully saturated rings. The number of benzene rings is 1. The van der Waals surface area contributed by atoms with Crippen molar-refractivity contribution in [3.63, 3.8) is 0 Å². The van der Waals surface area contributed by atoms with Gasteiger partial charge in [-0.15, -0.1) is 0 Å². The highest BCUT2D eigenvalue weighted by Gasteiger charge is 2.48. The van der Waals surface area contributed by atoms with Gasteiger partial charge in [0.1, 0.15) is 23.7 Å². The van der Waals surface area contributed by atoms with Gasteiger partial charge in [0.2, 0.25) is 0 Å². The minimum absolute atomic E-state index is 0.181. The van der Waals surface area contributed by atoms with Crippen molar-refractivity contribution in [3.05, 3.63) is 42.5 Å². The molecule has 10 heteroatoms. The van der Waals surface area contributed by atoms with E-state index in [2.05, 4.69) is 24.3 Å². The number of nitrogens with zero attached hydrogens (tertiary/aromatic N) is 6. The van der Waals surface area contributed by atoms with Crippen LogP contribution in [0.3, 0.4) is 0 Å². The molecule has 1 aromatic carbocycles. The van der Waals surface area contributed by atoms with Crippen molar-refractivity contribution in [2.75, 3.05) is 31.1 Å².